The number of nitrogens with zero attached hydrogens (tertiary/aromatic N) is 1. The van der Waals surface area contributed by atoms with Gasteiger partial charge in [-0.25, -0.2) is 0 Å². The van der Waals surface area contributed by atoms with E-state index in [4.69, 9.17) is 4.74 Å². The Hall–Kier alpha value is -0.120. The van der Waals surface area contributed by atoms with Crippen LogP contribution in [-0.2, 0) is 4.74 Å². The van der Waals surface area contributed by atoms with Crippen LogP contribution in [0.5, 0.6) is 0 Å². The van der Waals surface area contributed by atoms with E-state index >= 15 is 0 Å². The molecule has 0 aromatic rings. The molecular formula is C16H34N2O. The van der Waals surface area contributed by atoms with Crippen LogP contribution in [0.4, 0.5) is 0 Å². The van der Waals surface area contributed by atoms with Gasteiger partial charge in [-0.1, -0.05) is 20.8 Å². The summed E-state index contributed by atoms with van der Waals surface area (Å²) >= 11 is 0. The third kappa shape index (κ3) is 6.73. The fourth-order valence-corrected chi connectivity index (χ4v) is 3.11. The monoisotopic (exact) mass is 270 g/mol. The van der Waals surface area contributed by atoms with Crippen molar-refractivity contribution in [1.29, 1.82) is 0 Å². The topological polar surface area (TPSA) is 24.5 Å². The Labute approximate surface area is 120 Å². The van der Waals surface area contributed by atoms with Gasteiger partial charge < -0.3 is 10.1 Å². The Morgan fingerprint density at radius 2 is 1.84 bits per heavy atom. The maximum atomic E-state index is 5.88. The van der Waals surface area contributed by atoms with Crippen molar-refractivity contribution in [2.75, 3.05) is 26.2 Å². The van der Waals surface area contributed by atoms with Crippen LogP contribution in [0.15, 0.2) is 0 Å². The molecule has 0 saturated carbocycles. The second-order valence-corrected chi connectivity index (χ2v) is 8.08. The first-order valence-electron chi connectivity index (χ1n) is 7.70. The van der Waals surface area contributed by atoms with Crippen LogP contribution < -0.4 is 5.32 Å². The molecule has 1 aliphatic rings. The van der Waals surface area contributed by atoms with E-state index in [1.807, 2.05) is 0 Å². The van der Waals surface area contributed by atoms with Crippen LogP contribution in [0.2, 0.25) is 0 Å². The minimum atomic E-state index is 0.168. The zero-order chi connectivity index (χ0) is 14.7. The lowest BCUT2D eigenvalue weighted by molar-refractivity contribution is -0.0402. The predicted octanol–water partition coefficient (Wildman–Crippen LogP) is 2.90. The summed E-state index contributed by atoms with van der Waals surface area (Å²) in [6.45, 7) is 19.9. The van der Waals surface area contributed by atoms with E-state index in [9.17, 15) is 0 Å². The molecule has 1 saturated heterocycles. The van der Waals surface area contributed by atoms with Crippen molar-refractivity contribution in [3.8, 4) is 0 Å². The first-order chi connectivity index (χ1) is 8.59. The maximum Gasteiger partial charge on any atom is 0.0827 e. The first kappa shape index (κ1) is 16.9. The molecule has 1 fully saturated rings. The van der Waals surface area contributed by atoms with Gasteiger partial charge in [0.15, 0.2) is 0 Å². The number of nitrogens with one attached hydrogen (secondary N) is 1. The summed E-state index contributed by atoms with van der Waals surface area (Å²) in [6, 6.07) is 0.619. The summed E-state index contributed by atoms with van der Waals surface area (Å²) in [7, 11) is 0. The molecule has 0 aromatic heterocycles. The average molecular weight is 270 g/mol. The molecule has 0 aliphatic carbocycles. The molecule has 1 N–H and O–H groups in total. The molecule has 0 spiro atoms. The molecule has 0 amide bonds. The van der Waals surface area contributed by atoms with Gasteiger partial charge in [-0.15, -0.1) is 0 Å². The molecule has 114 valence electrons. The van der Waals surface area contributed by atoms with Gasteiger partial charge in [0.25, 0.3) is 0 Å². The predicted molar refractivity (Wildman–Crippen MR) is 82.6 cm³/mol. The van der Waals surface area contributed by atoms with E-state index < -0.39 is 0 Å². The maximum absolute atomic E-state index is 5.88. The van der Waals surface area contributed by atoms with Crippen molar-refractivity contribution in [3.05, 3.63) is 0 Å². The molecule has 3 nitrogen and oxygen atoms in total. The van der Waals surface area contributed by atoms with Gasteiger partial charge in [-0.2, -0.15) is 0 Å². The van der Waals surface area contributed by atoms with Crippen LogP contribution in [0.3, 0.4) is 0 Å². The molecular weight excluding hydrogens is 236 g/mol. The molecule has 1 unspecified atom stereocenters. The number of ether oxygens (including phenoxy) is 1. The largest absolute Gasteiger partial charge is 0.374 e. The lowest BCUT2D eigenvalue weighted by Gasteiger charge is -2.38. The van der Waals surface area contributed by atoms with Crippen molar-refractivity contribution < 1.29 is 4.74 Å². The van der Waals surface area contributed by atoms with Gasteiger partial charge in [0.1, 0.15) is 0 Å². The van der Waals surface area contributed by atoms with Gasteiger partial charge in [0.05, 0.1) is 12.7 Å². The normalized spacial score (nSPS) is 23.1. The Morgan fingerprint density at radius 1 is 1.21 bits per heavy atom. The lowest BCUT2D eigenvalue weighted by Crippen LogP contribution is -2.52. The van der Waals surface area contributed by atoms with Crippen molar-refractivity contribution >= 4 is 0 Å². The fourth-order valence-electron chi connectivity index (χ4n) is 3.11. The van der Waals surface area contributed by atoms with E-state index in [1.54, 1.807) is 0 Å². The molecule has 1 heterocycles. The molecule has 0 bridgehead atoms. The van der Waals surface area contributed by atoms with Gasteiger partial charge in [-0.05, 0) is 39.5 Å². The quantitative estimate of drug-likeness (QED) is 0.831. The van der Waals surface area contributed by atoms with E-state index in [0.29, 0.717) is 17.6 Å². The van der Waals surface area contributed by atoms with Gasteiger partial charge in [0.2, 0.25) is 0 Å². The minimum Gasteiger partial charge on any atom is -0.374 e. The molecule has 3 heteroatoms. The smallest absolute Gasteiger partial charge is 0.0827 e. The summed E-state index contributed by atoms with van der Waals surface area (Å²) in [5.74, 6) is 0. The molecule has 1 aliphatic heterocycles. The van der Waals surface area contributed by atoms with Crippen LogP contribution in [-0.4, -0.2) is 48.8 Å². The fraction of sp³-hybridized carbons (Fsp3) is 1.00. The summed E-state index contributed by atoms with van der Waals surface area (Å²) in [6.07, 6.45) is 1.50. The Morgan fingerprint density at radius 3 is 2.37 bits per heavy atom. The van der Waals surface area contributed by atoms with Crippen LogP contribution in [0.1, 0.15) is 54.9 Å². The first-order valence-corrected chi connectivity index (χ1v) is 7.70. The number of rotatable bonds is 5. The van der Waals surface area contributed by atoms with Gasteiger partial charge in [0, 0.05) is 31.2 Å². The van der Waals surface area contributed by atoms with Crippen molar-refractivity contribution in [2.24, 2.45) is 5.41 Å². The highest BCUT2D eigenvalue weighted by molar-refractivity contribution is 4.85. The highest BCUT2D eigenvalue weighted by Crippen LogP contribution is 2.26. The number of hydrogen-bond acceptors (Lipinski definition) is 3. The molecule has 1 rings (SSSR count). The van der Waals surface area contributed by atoms with E-state index in [0.717, 1.165) is 26.2 Å². The highest BCUT2D eigenvalue weighted by Gasteiger charge is 2.28. The standard InChI is InChI=1S/C16H34N2O/c1-13(2)18-8-9-19-14(11-18)10-17-16(6,7)12-15(3,4)5/h13-14,17H,8-12H2,1-7H3. The lowest BCUT2D eigenvalue weighted by atomic mass is 9.82. The summed E-state index contributed by atoms with van der Waals surface area (Å²) in [5.41, 5.74) is 0.523. The molecule has 0 aromatic carbocycles. The van der Waals surface area contributed by atoms with Crippen LogP contribution in [0, 0.1) is 5.41 Å². The highest BCUT2D eigenvalue weighted by atomic mass is 16.5. The van der Waals surface area contributed by atoms with Crippen molar-refractivity contribution in [2.45, 2.75) is 72.6 Å². The second kappa shape index (κ2) is 6.55. The average Bonchev–Trinajstić information content (AvgIpc) is 2.24. The summed E-state index contributed by atoms with van der Waals surface area (Å²) in [4.78, 5) is 2.51. The Bertz CT molecular complexity index is 268. The SMILES string of the molecule is CC(C)N1CCOC(CNC(C)(C)CC(C)(C)C)C1. The minimum absolute atomic E-state index is 0.168. The van der Waals surface area contributed by atoms with E-state index in [2.05, 4.69) is 58.7 Å². The number of hydrogen-bond donors (Lipinski definition) is 1. The van der Waals surface area contributed by atoms with Crippen LogP contribution >= 0.6 is 0 Å². The van der Waals surface area contributed by atoms with E-state index in [-0.39, 0.29) is 5.54 Å². The molecule has 0 radical (unpaired) electrons. The van der Waals surface area contributed by atoms with Gasteiger partial charge in [-0.3, -0.25) is 4.90 Å². The van der Waals surface area contributed by atoms with Crippen molar-refractivity contribution in [1.82, 2.24) is 10.2 Å². The molecule has 19 heavy (non-hydrogen) atoms. The Kier molecular flexibility index (Phi) is 5.84. The zero-order valence-electron chi connectivity index (χ0n) is 14.0. The third-order valence-electron chi connectivity index (χ3n) is 3.68. The van der Waals surface area contributed by atoms with Crippen LogP contribution in [0.25, 0.3) is 0 Å². The summed E-state index contributed by atoms with van der Waals surface area (Å²) in [5, 5.41) is 3.69. The van der Waals surface area contributed by atoms with Crippen molar-refractivity contribution in [3.63, 3.8) is 0 Å². The zero-order valence-corrected chi connectivity index (χ0v) is 14.0. The third-order valence-corrected chi connectivity index (χ3v) is 3.68. The summed E-state index contributed by atoms with van der Waals surface area (Å²) < 4.78 is 5.88. The van der Waals surface area contributed by atoms with Gasteiger partial charge >= 0.3 is 0 Å². The Balaban J connectivity index is 2.39. The second-order valence-electron chi connectivity index (χ2n) is 8.08. The number of morpholine rings is 1. The molecule has 1 atom stereocenters. The van der Waals surface area contributed by atoms with E-state index in [1.165, 1.54) is 6.42 Å².